The molecule has 0 saturated carbocycles. The Bertz CT molecular complexity index is 904. The second-order valence-electron chi connectivity index (χ2n) is 7.01. The molecule has 2 aromatic rings. The largest absolute Gasteiger partial charge is 0.497 e. The lowest BCUT2D eigenvalue weighted by Crippen LogP contribution is -2.63. The third-order valence-corrected chi connectivity index (χ3v) is 4.99. The van der Waals surface area contributed by atoms with Crippen LogP contribution in [0.3, 0.4) is 0 Å². The second-order valence-corrected chi connectivity index (χ2v) is 7.01. The highest BCUT2D eigenvalue weighted by atomic mass is 16.5. The van der Waals surface area contributed by atoms with Gasteiger partial charge < -0.3 is 20.1 Å². The summed E-state index contributed by atoms with van der Waals surface area (Å²) >= 11 is 0. The molecule has 3 unspecified atom stereocenters. The van der Waals surface area contributed by atoms with Crippen LogP contribution >= 0.6 is 0 Å². The van der Waals surface area contributed by atoms with Gasteiger partial charge in [0.15, 0.2) is 6.29 Å². The fraction of sp³-hybridized carbons (Fsp3) is 0.500. The average molecular weight is 401 g/mol. The number of hydrogen-bond donors (Lipinski definition) is 3. The molecular weight excluding hydrogens is 374 g/mol. The second kappa shape index (κ2) is 9.04. The lowest BCUT2D eigenvalue weighted by molar-refractivity contribution is -0.143. The Morgan fingerprint density at radius 2 is 2.10 bits per heavy atom. The van der Waals surface area contributed by atoms with Crippen molar-refractivity contribution >= 4 is 28.7 Å². The number of esters is 1. The van der Waals surface area contributed by atoms with Crippen molar-refractivity contribution in [2.75, 3.05) is 19.0 Å². The zero-order valence-electron chi connectivity index (χ0n) is 17.1. The van der Waals surface area contributed by atoms with E-state index in [1.807, 2.05) is 32.0 Å². The number of aryl methyl sites for hydroxylation is 1. The van der Waals surface area contributed by atoms with E-state index in [1.54, 1.807) is 14.0 Å². The average Bonchev–Trinajstić information content (AvgIpc) is 2.67. The molecule has 0 spiro atoms. The third kappa shape index (κ3) is 4.92. The highest BCUT2D eigenvalue weighted by Crippen LogP contribution is 2.23. The normalized spacial score (nSPS) is 21.5. The Balaban J connectivity index is 1.66. The predicted molar refractivity (Wildman–Crippen MR) is 108 cm³/mol. The van der Waals surface area contributed by atoms with Crippen molar-refractivity contribution in [3.8, 4) is 5.75 Å². The molecular formula is C20H27N5O4. The summed E-state index contributed by atoms with van der Waals surface area (Å²) in [7, 11) is 1.62. The monoisotopic (exact) mass is 401 g/mol. The number of fused-ring (bicyclic) bond motifs is 1. The van der Waals surface area contributed by atoms with Gasteiger partial charge in [0.05, 0.1) is 30.8 Å². The number of aromatic nitrogens is 2. The van der Waals surface area contributed by atoms with E-state index < -0.39 is 6.29 Å². The van der Waals surface area contributed by atoms with E-state index in [9.17, 15) is 9.59 Å². The van der Waals surface area contributed by atoms with E-state index in [0.29, 0.717) is 19.0 Å². The van der Waals surface area contributed by atoms with Crippen LogP contribution in [0.25, 0.3) is 10.9 Å². The summed E-state index contributed by atoms with van der Waals surface area (Å²) in [6, 6.07) is 5.48. The van der Waals surface area contributed by atoms with E-state index in [2.05, 4.69) is 25.9 Å². The summed E-state index contributed by atoms with van der Waals surface area (Å²) in [4.78, 5) is 33.1. The minimum Gasteiger partial charge on any atom is -0.497 e. The van der Waals surface area contributed by atoms with Gasteiger partial charge in [0.25, 0.3) is 0 Å². The molecule has 9 nitrogen and oxygen atoms in total. The molecule has 0 radical (unpaired) electrons. The minimum absolute atomic E-state index is 0.124. The van der Waals surface area contributed by atoms with Crippen molar-refractivity contribution in [2.45, 2.75) is 45.9 Å². The lowest BCUT2D eigenvalue weighted by Gasteiger charge is -2.35. The van der Waals surface area contributed by atoms with Gasteiger partial charge in [-0.1, -0.05) is 0 Å². The Hall–Kier alpha value is -2.94. The standard InChI is InChI=1S/C20H27N5O4/c1-5-29-17(26)9-7-14-11(2)21-20(24-18(14)27)25-19-22-12(3)15-10-13(28-4)6-8-16(15)23-19/h6,8,10-11,14,20-21H,5,7,9H2,1-4H3,(H,24,27)(H,22,23,25). The van der Waals surface area contributed by atoms with Crippen molar-refractivity contribution in [1.82, 2.24) is 20.6 Å². The number of rotatable bonds is 7. The third-order valence-electron chi connectivity index (χ3n) is 4.99. The first kappa shape index (κ1) is 20.8. The van der Waals surface area contributed by atoms with Crippen LogP contribution in [0.2, 0.25) is 0 Å². The first-order valence-corrected chi connectivity index (χ1v) is 9.72. The van der Waals surface area contributed by atoms with Gasteiger partial charge in [-0.3, -0.25) is 14.9 Å². The molecule has 1 aromatic heterocycles. The molecule has 9 heteroatoms. The van der Waals surface area contributed by atoms with Crippen molar-refractivity contribution in [3.05, 3.63) is 23.9 Å². The molecule has 1 saturated heterocycles. The first-order chi connectivity index (χ1) is 13.9. The van der Waals surface area contributed by atoms with Crippen molar-refractivity contribution < 1.29 is 19.1 Å². The molecule has 1 aliphatic rings. The molecule has 1 aliphatic heterocycles. The molecule has 3 atom stereocenters. The molecule has 1 amide bonds. The van der Waals surface area contributed by atoms with Crippen molar-refractivity contribution in [1.29, 1.82) is 0 Å². The zero-order valence-corrected chi connectivity index (χ0v) is 17.1. The highest BCUT2D eigenvalue weighted by Gasteiger charge is 2.33. The van der Waals surface area contributed by atoms with E-state index >= 15 is 0 Å². The number of carbonyl (C=O) groups is 2. The summed E-state index contributed by atoms with van der Waals surface area (Å²) in [6.07, 6.45) is 0.136. The lowest BCUT2D eigenvalue weighted by atomic mass is 9.93. The maximum Gasteiger partial charge on any atom is 0.305 e. The number of benzene rings is 1. The van der Waals surface area contributed by atoms with Gasteiger partial charge in [0.1, 0.15) is 5.75 Å². The van der Waals surface area contributed by atoms with Gasteiger partial charge >= 0.3 is 5.97 Å². The maximum absolute atomic E-state index is 12.5. The van der Waals surface area contributed by atoms with Gasteiger partial charge in [-0.25, -0.2) is 9.97 Å². The minimum atomic E-state index is -0.508. The first-order valence-electron chi connectivity index (χ1n) is 9.72. The quantitative estimate of drug-likeness (QED) is 0.601. The number of nitrogens with zero attached hydrogens (tertiary/aromatic N) is 2. The molecule has 1 fully saturated rings. The number of anilines is 1. The fourth-order valence-corrected chi connectivity index (χ4v) is 3.44. The Morgan fingerprint density at radius 1 is 1.31 bits per heavy atom. The molecule has 29 heavy (non-hydrogen) atoms. The van der Waals surface area contributed by atoms with Crippen molar-refractivity contribution in [2.24, 2.45) is 5.92 Å². The molecule has 2 heterocycles. The van der Waals surface area contributed by atoms with Gasteiger partial charge in [-0.05, 0) is 45.4 Å². The molecule has 0 bridgehead atoms. The molecule has 1 aromatic carbocycles. The van der Waals surface area contributed by atoms with Crippen LogP contribution in [0.15, 0.2) is 18.2 Å². The zero-order chi connectivity index (χ0) is 21.0. The van der Waals surface area contributed by atoms with Crippen molar-refractivity contribution in [3.63, 3.8) is 0 Å². The van der Waals surface area contributed by atoms with Crippen LogP contribution in [0.1, 0.15) is 32.4 Å². The van der Waals surface area contributed by atoms with Crippen LogP contribution in [-0.2, 0) is 14.3 Å². The Morgan fingerprint density at radius 3 is 2.79 bits per heavy atom. The molecule has 0 aliphatic carbocycles. The Labute approximate surface area is 169 Å². The highest BCUT2D eigenvalue weighted by molar-refractivity contribution is 5.84. The number of methoxy groups -OCH3 is 1. The summed E-state index contributed by atoms with van der Waals surface area (Å²) in [5.74, 6) is 0.429. The van der Waals surface area contributed by atoms with Gasteiger partial charge in [-0.15, -0.1) is 0 Å². The summed E-state index contributed by atoms with van der Waals surface area (Å²) in [6.45, 7) is 5.92. The SMILES string of the molecule is CCOC(=O)CCC1C(=O)NC(Nc2nc(C)c3cc(OC)ccc3n2)NC1C. The maximum atomic E-state index is 12.5. The molecule has 3 N–H and O–H groups in total. The van der Waals surface area contributed by atoms with Gasteiger partial charge in [0.2, 0.25) is 11.9 Å². The smallest absolute Gasteiger partial charge is 0.305 e. The van der Waals surface area contributed by atoms with E-state index in [-0.39, 0.29) is 30.3 Å². The topological polar surface area (TPSA) is 114 Å². The number of carbonyl (C=O) groups excluding carboxylic acids is 2. The Kier molecular flexibility index (Phi) is 6.48. The number of nitrogens with one attached hydrogen (secondary N) is 3. The summed E-state index contributed by atoms with van der Waals surface area (Å²) < 4.78 is 10.2. The van der Waals surface area contributed by atoms with Crippen LogP contribution in [0.4, 0.5) is 5.95 Å². The van der Waals surface area contributed by atoms with Gasteiger partial charge in [0, 0.05) is 17.8 Å². The van der Waals surface area contributed by atoms with E-state index in [0.717, 1.165) is 22.3 Å². The van der Waals surface area contributed by atoms with E-state index in [1.165, 1.54) is 0 Å². The van der Waals surface area contributed by atoms with Gasteiger partial charge in [-0.2, -0.15) is 0 Å². The number of hydrogen-bond acceptors (Lipinski definition) is 8. The van der Waals surface area contributed by atoms with Crippen LogP contribution in [-0.4, -0.2) is 47.9 Å². The van der Waals surface area contributed by atoms with Crippen LogP contribution in [0, 0.1) is 12.8 Å². The molecule has 156 valence electrons. The van der Waals surface area contributed by atoms with Crippen LogP contribution in [0.5, 0.6) is 5.75 Å². The van der Waals surface area contributed by atoms with E-state index in [4.69, 9.17) is 9.47 Å². The molecule has 3 rings (SSSR count). The summed E-state index contributed by atoms with van der Waals surface area (Å²) in [5.41, 5.74) is 1.59. The number of amides is 1. The van der Waals surface area contributed by atoms with Crippen LogP contribution < -0.4 is 20.7 Å². The predicted octanol–water partition coefficient (Wildman–Crippen LogP) is 1.71. The fourth-order valence-electron chi connectivity index (χ4n) is 3.44. The number of ether oxygens (including phenoxy) is 2. The summed E-state index contributed by atoms with van der Waals surface area (Å²) in [5, 5.41) is 10.2.